The van der Waals surface area contributed by atoms with Gasteiger partial charge in [-0.05, 0) is 32.0 Å². The highest BCUT2D eigenvalue weighted by molar-refractivity contribution is 9.10. The molecule has 6 heteroatoms. The van der Waals surface area contributed by atoms with Crippen molar-refractivity contribution >= 4 is 23.5 Å². The van der Waals surface area contributed by atoms with E-state index in [1.165, 1.54) is 6.07 Å². The van der Waals surface area contributed by atoms with Gasteiger partial charge in [-0.1, -0.05) is 29.8 Å². The van der Waals surface area contributed by atoms with Crippen LogP contribution in [0, 0.1) is 5.82 Å². The van der Waals surface area contributed by atoms with Crippen LogP contribution in [-0.2, 0) is 13.6 Å². The monoisotopic (exact) mass is 364 g/mol. The van der Waals surface area contributed by atoms with E-state index in [1.54, 1.807) is 26.0 Å². The molecule has 1 aliphatic rings. The Bertz CT molecular complexity index is 559. The molecule has 1 aromatic rings. The molecular weight excluding hydrogens is 346 g/mol. The van der Waals surface area contributed by atoms with Crippen molar-refractivity contribution in [1.29, 1.82) is 0 Å². The molecule has 1 aromatic carbocycles. The molecule has 2 rings (SSSR count). The third-order valence-corrected chi connectivity index (χ3v) is 6.32. The van der Waals surface area contributed by atoms with Gasteiger partial charge in [0.15, 0.2) is 0 Å². The highest BCUT2D eigenvalue weighted by atomic mass is 79.9. The fraction of sp³-hybridized carbons (Fsp3) is 0.571. The third-order valence-electron chi connectivity index (χ3n) is 3.26. The van der Waals surface area contributed by atoms with Crippen LogP contribution in [0.25, 0.3) is 0 Å². The van der Waals surface area contributed by atoms with Crippen LogP contribution in [0.3, 0.4) is 0 Å². The molecule has 20 heavy (non-hydrogen) atoms. The van der Waals surface area contributed by atoms with Gasteiger partial charge in [-0.15, -0.1) is 0 Å². The zero-order valence-corrected chi connectivity index (χ0v) is 14.5. The number of hydrogen-bond donors (Lipinski definition) is 0. The van der Waals surface area contributed by atoms with Crippen LogP contribution in [-0.4, -0.2) is 11.3 Å². The predicted octanol–water partition coefficient (Wildman–Crippen LogP) is 5.45. The summed E-state index contributed by atoms with van der Waals surface area (Å²) < 4.78 is 38.9. The maximum absolute atomic E-state index is 14.0. The molecule has 0 amide bonds. The summed E-state index contributed by atoms with van der Waals surface area (Å²) in [5.41, 5.74) is -0.464. The van der Waals surface area contributed by atoms with Crippen molar-refractivity contribution in [2.24, 2.45) is 0 Å². The van der Waals surface area contributed by atoms with E-state index >= 15 is 0 Å². The topological polar surface area (TPSA) is 35.5 Å². The highest BCUT2D eigenvalue weighted by Crippen LogP contribution is 2.63. The summed E-state index contributed by atoms with van der Waals surface area (Å²) in [6, 6.07) is 4.68. The quantitative estimate of drug-likeness (QED) is 0.654. The Morgan fingerprint density at radius 2 is 2.10 bits per heavy atom. The smallest absolute Gasteiger partial charge is 0.302 e. The van der Waals surface area contributed by atoms with E-state index in [-0.39, 0.29) is 11.5 Å². The van der Waals surface area contributed by atoms with Crippen molar-refractivity contribution in [3.8, 4) is 0 Å². The minimum Gasteiger partial charge on any atom is -0.302 e. The van der Waals surface area contributed by atoms with E-state index in [0.29, 0.717) is 12.0 Å². The number of hydrogen-bond acceptors (Lipinski definition) is 3. The Kier molecular flexibility index (Phi) is 4.46. The van der Waals surface area contributed by atoms with Gasteiger partial charge in [-0.2, -0.15) is 0 Å². The molecule has 0 radical (unpaired) electrons. The number of rotatable bonds is 2. The van der Waals surface area contributed by atoms with Crippen LogP contribution < -0.4 is 0 Å². The molecule has 0 aliphatic carbocycles. The van der Waals surface area contributed by atoms with Crippen LogP contribution in [0.4, 0.5) is 4.39 Å². The first-order valence-electron chi connectivity index (χ1n) is 6.57. The Balaban J connectivity index is 2.41. The maximum Gasteiger partial charge on any atom is 0.334 e. The summed E-state index contributed by atoms with van der Waals surface area (Å²) in [7, 11) is -3.25. The van der Waals surface area contributed by atoms with Crippen LogP contribution in [0.5, 0.6) is 0 Å². The average Bonchev–Trinajstić information content (AvgIpc) is 2.29. The average molecular weight is 365 g/mol. The van der Waals surface area contributed by atoms with Crippen molar-refractivity contribution in [3.63, 3.8) is 0 Å². The second kappa shape index (κ2) is 5.53. The van der Waals surface area contributed by atoms with Crippen molar-refractivity contribution in [3.05, 3.63) is 34.1 Å². The summed E-state index contributed by atoms with van der Waals surface area (Å²) in [5, 5.41) is 0. The molecule has 0 N–H and O–H groups in total. The normalized spacial score (nSPS) is 29.6. The van der Waals surface area contributed by atoms with Crippen LogP contribution >= 0.6 is 23.5 Å². The van der Waals surface area contributed by atoms with Gasteiger partial charge in [0.2, 0.25) is 0 Å². The zero-order chi connectivity index (χ0) is 15.1. The highest BCUT2D eigenvalue weighted by Gasteiger charge is 2.45. The summed E-state index contributed by atoms with van der Waals surface area (Å²) in [6.45, 7) is 7.29. The summed E-state index contributed by atoms with van der Waals surface area (Å²) >= 11 is 3.33. The molecule has 1 saturated heterocycles. The molecule has 0 saturated carbocycles. The van der Waals surface area contributed by atoms with Gasteiger partial charge in [0.1, 0.15) is 5.82 Å². The first-order valence-corrected chi connectivity index (χ1v) is 8.97. The Morgan fingerprint density at radius 3 is 2.70 bits per heavy atom. The lowest BCUT2D eigenvalue weighted by Crippen LogP contribution is -2.34. The van der Waals surface area contributed by atoms with Gasteiger partial charge < -0.3 is 4.52 Å². The molecule has 1 fully saturated rings. The second-order valence-electron chi connectivity index (χ2n) is 5.95. The Hall–Kier alpha value is -0.220. The number of benzene rings is 1. The van der Waals surface area contributed by atoms with E-state index in [2.05, 4.69) is 15.9 Å². The molecule has 2 unspecified atom stereocenters. The number of halogens is 2. The van der Waals surface area contributed by atoms with E-state index in [9.17, 15) is 8.96 Å². The zero-order valence-electron chi connectivity index (χ0n) is 12.0. The molecule has 1 aliphatic heterocycles. The fourth-order valence-corrected chi connectivity index (χ4v) is 4.40. The van der Waals surface area contributed by atoms with Crippen molar-refractivity contribution < 1.29 is 18.0 Å². The lowest BCUT2D eigenvalue weighted by atomic mass is 9.96. The maximum atomic E-state index is 14.0. The first-order chi connectivity index (χ1) is 9.13. The molecule has 112 valence electrons. The minimum absolute atomic E-state index is 0.264. The van der Waals surface area contributed by atoms with E-state index in [0.717, 1.165) is 4.47 Å². The molecule has 0 aromatic heterocycles. The van der Waals surface area contributed by atoms with Crippen molar-refractivity contribution in [2.75, 3.05) is 0 Å². The van der Waals surface area contributed by atoms with Gasteiger partial charge in [0.05, 0.1) is 17.4 Å². The molecular formula is C14H19BrFO3P. The Morgan fingerprint density at radius 1 is 1.45 bits per heavy atom. The van der Waals surface area contributed by atoms with Gasteiger partial charge in [0.25, 0.3) is 0 Å². The molecule has 2 atom stereocenters. The predicted molar refractivity (Wildman–Crippen MR) is 80.4 cm³/mol. The van der Waals surface area contributed by atoms with E-state index < -0.39 is 19.3 Å². The van der Waals surface area contributed by atoms with Crippen LogP contribution in [0.2, 0.25) is 0 Å². The van der Waals surface area contributed by atoms with Gasteiger partial charge in [-0.3, -0.25) is 9.09 Å². The van der Waals surface area contributed by atoms with Crippen molar-refractivity contribution in [2.45, 2.75) is 51.5 Å². The third kappa shape index (κ3) is 3.33. The lowest BCUT2D eigenvalue weighted by molar-refractivity contribution is -0.0244. The standard InChI is InChI=1S/C14H19BrFO3P/c1-9(2)20(17)18-13(8-14(3,4)19-20)11-7-10(15)5-6-12(11)16/h5-7,9,13H,8H2,1-4H3. The van der Waals surface area contributed by atoms with E-state index in [1.807, 2.05) is 13.8 Å². The fourth-order valence-electron chi connectivity index (χ4n) is 2.22. The minimum atomic E-state index is -3.25. The summed E-state index contributed by atoms with van der Waals surface area (Å²) in [6.07, 6.45) is -0.110. The van der Waals surface area contributed by atoms with Crippen LogP contribution in [0.1, 0.15) is 45.8 Å². The molecule has 1 heterocycles. The van der Waals surface area contributed by atoms with Gasteiger partial charge in [-0.25, -0.2) is 4.39 Å². The SMILES string of the molecule is CC(C)P1(=O)OC(c2cc(Br)ccc2F)CC(C)(C)O1. The summed E-state index contributed by atoms with van der Waals surface area (Å²) in [4.78, 5) is 0. The molecule has 3 nitrogen and oxygen atoms in total. The van der Waals surface area contributed by atoms with Gasteiger partial charge >= 0.3 is 7.60 Å². The molecule has 0 spiro atoms. The van der Waals surface area contributed by atoms with E-state index in [4.69, 9.17) is 9.05 Å². The van der Waals surface area contributed by atoms with Crippen molar-refractivity contribution in [1.82, 2.24) is 0 Å². The summed E-state index contributed by atoms with van der Waals surface area (Å²) in [5.74, 6) is -0.355. The largest absolute Gasteiger partial charge is 0.334 e. The first kappa shape index (κ1) is 16.2. The lowest BCUT2D eigenvalue weighted by Gasteiger charge is -2.41. The second-order valence-corrected chi connectivity index (χ2v) is 9.37. The van der Waals surface area contributed by atoms with Crippen LogP contribution in [0.15, 0.2) is 22.7 Å². The Labute approximate surface area is 127 Å². The molecule has 0 bridgehead atoms. The van der Waals surface area contributed by atoms with Gasteiger partial charge in [0, 0.05) is 16.5 Å².